The molecule has 1 fully saturated rings. The highest BCUT2D eigenvalue weighted by Crippen LogP contribution is 2.28. The Morgan fingerprint density at radius 3 is 2.56 bits per heavy atom. The summed E-state index contributed by atoms with van der Waals surface area (Å²) in [6, 6.07) is 12.2. The molecular formula is C24H27N3O5. The van der Waals surface area contributed by atoms with E-state index in [0.717, 1.165) is 12.0 Å². The zero-order chi connectivity index (χ0) is 22.7. The first kappa shape index (κ1) is 21.7. The fourth-order valence-electron chi connectivity index (χ4n) is 4.22. The fourth-order valence-corrected chi connectivity index (χ4v) is 4.22. The van der Waals surface area contributed by atoms with Crippen LogP contribution in [-0.2, 0) is 29.1 Å². The van der Waals surface area contributed by atoms with Gasteiger partial charge in [0.1, 0.15) is 6.04 Å². The molecule has 0 bridgehead atoms. The molecule has 168 valence electrons. The number of amides is 4. The Morgan fingerprint density at radius 1 is 1.06 bits per heavy atom. The number of benzene rings is 2. The maximum atomic E-state index is 12.8. The van der Waals surface area contributed by atoms with Gasteiger partial charge >= 0.3 is 6.03 Å². The van der Waals surface area contributed by atoms with Crippen LogP contribution in [0.25, 0.3) is 0 Å². The third-order valence-electron chi connectivity index (χ3n) is 6.03. The molecule has 2 aromatic rings. The summed E-state index contributed by atoms with van der Waals surface area (Å²) in [4.78, 5) is 40.9. The van der Waals surface area contributed by atoms with Crippen LogP contribution in [0.1, 0.15) is 29.5 Å². The summed E-state index contributed by atoms with van der Waals surface area (Å²) >= 11 is 0. The van der Waals surface area contributed by atoms with Crippen LogP contribution in [0.15, 0.2) is 42.5 Å². The molecule has 32 heavy (non-hydrogen) atoms. The predicted molar refractivity (Wildman–Crippen MR) is 117 cm³/mol. The molecule has 4 rings (SSSR count). The van der Waals surface area contributed by atoms with Crippen LogP contribution in [0.5, 0.6) is 11.5 Å². The molecule has 1 N–H and O–H groups in total. The molecule has 0 aromatic heterocycles. The number of nitrogens with zero attached hydrogens (tertiary/aromatic N) is 2. The van der Waals surface area contributed by atoms with Gasteiger partial charge in [0.15, 0.2) is 11.5 Å². The highest BCUT2D eigenvalue weighted by Gasteiger charge is 2.38. The van der Waals surface area contributed by atoms with Crippen molar-refractivity contribution in [3.05, 3.63) is 59.2 Å². The molecule has 2 aliphatic heterocycles. The first-order valence-electron chi connectivity index (χ1n) is 10.7. The van der Waals surface area contributed by atoms with Crippen LogP contribution < -0.4 is 14.8 Å². The number of nitrogens with one attached hydrogen (secondary N) is 1. The van der Waals surface area contributed by atoms with Crippen LogP contribution in [0.3, 0.4) is 0 Å². The third-order valence-corrected chi connectivity index (χ3v) is 6.03. The van der Waals surface area contributed by atoms with Crippen molar-refractivity contribution in [3.8, 4) is 11.5 Å². The standard InChI is InChI=1S/C24H27N3O5/c1-31-20-9-7-16(13-21(20)32-2)14-27-23(29)19(25-24(27)30)8-10-22(28)26-12-11-17-5-3-4-6-18(17)15-26/h3-7,9,13,19H,8,10-12,14-15H2,1-2H3,(H,25,30)/t19-/m0/s1. The summed E-state index contributed by atoms with van der Waals surface area (Å²) in [5.74, 6) is 0.786. The van der Waals surface area contributed by atoms with E-state index in [-0.39, 0.29) is 31.2 Å². The summed E-state index contributed by atoms with van der Waals surface area (Å²) in [6.07, 6.45) is 1.33. The molecular weight excluding hydrogens is 410 g/mol. The molecule has 2 aromatic carbocycles. The molecule has 2 aliphatic rings. The second-order valence-corrected chi connectivity index (χ2v) is 7.99. The van der Waals surface area contributed by atoms with E-state index in [2.05, 4.69) is 11.4 Å². The van der Waals surface area contributed by atoms with Gasteiger partial charge in [0.2, 0.25) is 5.91 Å². The Labute approximate surface area is 187 Å². The third kappa shape index (κ3) is 4.39. The highest BCUT2D eigenvalue weighted by atomic mass is 16.5. The van der Waals surface area contributed by atoms with E-state index in [4.69, 9.17) is 9.47 Å². The molecule has 0 radical (unpaired) electrons. The number of methoxy groups -OCH3 is 2. The summed E-state index contributed by atoms with van der Waals surface area (Å²) in [5.41, 5.74) is 3.19. The molecule has 1 atom stereocenters. The average molecular weight is 437 g/mol. The van der Waals surface area contributed by atoms with E-state index in [0.29, 0.717) is 24.6 Å². The number of rotatable bonds is 7. The predicted octanol–water partition coefficient (Wildman–Crippen LogP) is 2.49. The molecule has 4 amide bonds. The lowest BCUT2D eigenvalue weighted by Gasteiger charge is -2.29. The van der Waals surface area contributed by atoms with Crippen molar-refractivity contribution in [2.24, 2.45) is 0 Å². The lowest BCUT2D eigenvalue weighted by atomic mass is 9.99. The van der Waals surface area contributed by atoms with Gasteiger partial charge in [-0.1, -0.05) is 30.3 Å². The molecule has 0 unspecified atom stereocenters. The summed E-state index contributed by atoms with van der Waals surface area (Å²) < 4.78 is 10.5. The van der Waals surface area contributed by atoms with Crippen LogP contribution >= 0.6 is 0 Å². The van der Waals surface area contributed by atoms with E-state index >= 15 is 0 Å². The number of hydrogen-bond acceptors (Lipinski definition) is 5. The monoisotopic (exact) mass is 437 g/mol. The van der Waals surface area contributed by atoms with E-state index < -0.39 is 12.1 Å². The van der Waals surface area contributed by atoms with Crippen LogP contribution in [0.2, 0.25) is 0 Å². The summed E-state index contributed by atoms with van der Waals surface area (Å²) in [7, 11) is 3.08. The second-order valence-electron chi connectivity index (χ2n) is 7.99. The molecule has 2 heterocycles. The van der Waals surface area contributed by atoms with Gasteiger partial charge < -0.3 is 19.7 Å². The van der Waals surface area contributed by atoms with Crippen molar-refractivity contribution in [2.45, 2.75) is 38.4 Å². The maximum Gasteiger partial charge on any atom is 0.325 e. The van der Waals surface area contributed by atoms with Gasteiger partial charge in [-0.25, -0.2) is 4.79 Å². The first-order valence-corrected chi connectivity index (χ1v) is 10.7. The Morgan fingerprint density at radius 2 is 1.81 bits per heavy atom. The van der Waals surface area contributed by atoms with Crippen molar-refractivity contribution in [1.82, 2.24) is 15.1 Å². The smallest absolute Gasteiger partial charge is 0.325 e. The Balaban J connectivity index is 1.34. The van der Waals surface area contributed by atoms with Gasteiger partial charge in [-0.3, -0.25) is 14.5 Å². The van der Waals surface area contributed by atoms with Crippen LogP contribution in [-0.4, -0.2) is 54.5 Å². The second kappa shape index (κ2) is 9.30. The Hall–Kier alpha value is -3.55. The van der Waals surface area contributed by atoms with Gasteiger partial charge in [0.05, 0.1) is 20.8 Å². The van der Waals surface area contributed by atoms with Gasteiger partial charge in [-0.2, -0.15) is 0 Å². The average Bonchev–Trinajstić information content (AvgIpc) is 3.09. The van der Waals surface area contributed by atoms with Crippen molar-refractivity contribution < 1.29 is 23.9 Å². The van der Waals surface area contributed by atoms with E-state index in [9.17, 15) is 14.4 Å². The number of carbonyl (C=O) groups is 3. The lowest BCUT2D eigenvalue weighted by Crippen LogP contribution is -2.37. The molecule has 8 heteroatoms. The maximum absolute atomic E-state index is 12.8. The molecule has 1 saturated heterocycles. The minimum absolute atomic E-state index is 0.0000993. The van der Waals surface area contributed by atoms with Crippen molar-refractivity contribution in [2.75, 3.05) is 20.8 Å². The Kier molecular flexibility index (Phi) is 6.30. The number of hydrogen-bond donors (Lipinski definition) is 1. The van der Waals surface area contributed by atoms with Crippen LogP contribution in [0.4, 0.5) is 4.79 Å². The number of urea groups is 1. The zero-order valence-corrected chi connectivity index (χ0v) is 18.3. The van der Waals surface area contributed by atoms with Gasteiger partial charge in [-0.05, 0) is 41.7 Å². The summed E-state index contributed by atoms with van der Waals surface area (Å²) in [5, 5.41) is 2.71. The number of carbonyl (C=O) groups excluding carboxylic acids is 3. The summed E-state index contributed by atoms with van der Waals surface area (Å²) in [6.45, 7) is 1.38. The minimum atomic E-state index is -0.691. The molecule has 0 aliphatic carbocycles. The van der Waals surface area contributed by atoms with E-state index in [1.807, 2.05) is 23.1 Å². The largest absolute Gasteiger partial charge is 0.493 e. The fraction of sp³-hybridized carbons (Fsp3) is 0.375. The number of fused-ring (bicyclic) bond motifs is 1. The van der Waals surface area contributed by atoms with Gasteiger partial charge in [-0.15, -0.1) is 0 Å². The number of imide groups is 1. The van der Waals surface area contributed by atoms with Crippen molar-refractivity contribution in [1.29, 1.82) is 0 Å². The SMILES string of the molecule is COc1ccc(CN2C(=O)N[C@@H](CCC(=O)N3CCc4ccccc4C3)C2=O)cc1OC. The Bertz CT molecular complexity index is 1040. The van der Waals surface area contributed by atoms with Gasteiger partial charge in [0.25, 0.3) is 5.91 Å². The van der Waals surface area contributed by atoms with E-state index in [1.165, 1.54) is 23.1 Å². The minimum Gasteiger partial charge on any atom is -0.493 e. The first-order chi connectivity index (χ1) is 15.5. The highest BCUT2D eigenvalue weighted by molar-refractivity contribution is 6.04. The molecule has 0 saturated carbocycles. The quantitative estimate of drug-likeness (QED) is 0.673. The zero-order valence-electron chi connectivity index (χ0n) is 18.3. The van der Waals surface area contributed by atoms with Gasteiger partial charge in [0, 0.05) is 19.5 Å². The topological polar surface area (TPSA) is 88.2 Å². The molecule has 0 spiro atoms. The lowest BCUT2D eigenvalue weighted by molar-refractivity contribution is -0.132. The molecule has 8 nitrogen and oxygen atoms in total. The van der Waals surface area contributed by atoms with E-state index in [1.54, 1.807) is 25.3 Å². The normalized spacial score (nSPS) is 17.8. The van der Waals surface area contributed by atoms with Crippen molar-refractivity contribution >= 4 is 17.8 Å². The number of ether oxygens (including phenoxy) is 2. The van der Waals surface area contributed by atoms with Crippen LogP contribution in [0, 0.1) is 0 Å². The van der Waals surface area contributed by atoms with Crippen molar-refractivity contribution in [3.63, 3.8) is 0 Å².